The van der Waals surface area contributed by atoms with Crippen LogP contribution in [0.2, 0.25) is 0 Å². The van der Waals surface area contributed by atoms with Crippen LogP contribution in [0.15, 0.2) is 54.9 Å². The molecule has 1 aliphatic rings. The van der Waals surface area contributed by atoms with E-state index in [0.717, 1.165) is 22.4 Å². The van der Waals surface area contributed by atoms with E-state index in [-0.39, 0.29) is 11.8 Å². The molecule has 0 bridgehead atoms. The summed E-state index contributed by atoms with van der Waals surface area (Å²) in [6.07, 6.45) is -5.94. The van der Waals surface area contributed by atoms with Gasteiger partial charge in [-0.3, -0.25) is 9.89 Å². The second-order valence-corrected chi connectivity index (χ2v) is 8.56. The van der Waals surface area contributed by atoms with E-state index < -0.39 is 24.3 Å². The van der Waals surface area contributed by atoms with Crippen LogP contribution in [0.4, 0.5) is 32.0 Å². The van der Waals surface area contributed by atoms with Crippen molar-refractivity contribution < 1.29 is 60.4 Å². The molecule has 0 saturated heterocycles. The van der Waals surface area contributed by atoms with Gasteiger partial charge in [0.25, 0.3) is 0 Å². The molecule has 43 heavy (non-hydrogen) atoms. The van der Waals surface area contributed by atoms with E-state index in [1.807, 2.05) is 55.7 Å². The zero-order valence-corrected chi connectivity index (χ0v) is 22.3. The maximum Gasteiger partial charge on any atom is 0.490 e. The molecule has 1 unspecified atom stereocenters. The van der Waals surface area contributed by atoms with Crippen molar-refractivity contribution in [2.24, 2.45) is 5.92 Å². The second kappa shape index (κ2) is 15.4. The third kappa shape index (κ3) is 11.2. The number of aromatic amines is 1. The van der Waals surface area contributed by atoms with Crippen LogP contribution in [0.5, 0.6) is 11.5 Å². The fraction of sp³-hybridized carbons (Fsp3) is 0.308. The van der Waals surface area contributed by atoms with Gasteiger partial charge in [0, 0.05) is 18.3 Å². The number of aromatic nitrogens is 2. The summed E-state index contributed by atoms with van der Waals surface area (Å²) in [5.41, 5.74) is 3.63. The second-order valence-electron chi connectivity index (χ2n) is 8.56. The Hall–Kier alpha value is -4.80. The lowest BCUT2D eigenvalue weighted by Crippen LogP contribution is -2.32. The SMILES string of the molecule is CNCCOc1cc(-c2cn[nH]c2)ccc1NC(=O)C1COc2ccccc2C1.O=C(O)C(F)(F)F.O=C(O)C(F)(F)F. The zero-order chi connectivity index (χ0) is 32.2. The van der Waals surface area contributed by atoms with E-state index in [4.69, 9.17) is 29.3 Å². The lowest BCUT2D eigenvalue weighted by molar-refractivity contribution is -0.193. The van der Waals surface area contributed by atoms with Gasteiger partial charge >= 0.3 is 24.3 Å². The lowest BCUT2D eigenvalue weighted by Gasteiger charge is -2.25. The summed E-state index contributed by atoms with van der Waals surface area (Å²) in [4.78, 5) is 30.7. The summed E-state index contributed by atoms with van der Waals surface area (Å²) in [5.74, 6) is -4.35. The molecule has 5 N–H and O–H groups in total. The van der Waals surface area contributed by atoms with Gasteiger partial charge in [-0.1, -0.05) is 24.3 Å². The number of carboxylic acid groups (broad SMARTS) is 2. The molecule has 0 saturated carbocycles. The largest absolute Gasteiger partial charge is 0.492 e. The van der Waals surface area contributed by atoms with Crippen LogP contribution >= 0.6 is 0 Å². The first-order chi connectivity index (χ1) is 20.1. The average Bonchev–Trinajstić information content (AvgIpc) is 3.48. The Kier molecular flexibility index (Phi) is 12.3. The third-order valence-electron chi connectivity index (χ3n) is 5.42. The first kappa shape index (κ1) is 34.4. The van der Waals surface area contributed by atoms with Crippen molar-refractivity contribution in [2.45, 2.75) is 18.8 Å². The predicted octanol–water partition coefficient (Wildman–Crippen LogP) is 4.13. The highest BCUT2D eigenvalue weighted by atomic mass is 19.4. The number of carbonyl (C=O) groups excluding carboxylic acids is 1. The van der Waals surface area contributed by atoms with Gasteiger partial charge in [0.2, 0.25) is 5.91 Å². The Morgan fingerprint density at radius 2 is 1.65 bits per heavy atom. The summed E-state index contributed by atoms with van der Waals surface area (Å²) in [7, 11) is 1.87. The standard InChI is InChI=1S/C22H24N4O3.2C2HF3O2/c1-23-8-9-28-21-11-15(18-12-24-25-13-18)6-7-19(21)26-22(27)17-10-16-4-2-3-5-20(16)29-14-17;2*3-2(4,5)1(6)7/h2-7,11-13,17,23H,8-10,14H2,1H3,(H,24,25)(H,26,27);2*(H,6,7). The fourth-order valence-corrected chi connectivity index (χ4v) is 3.33. The molecule has 2 heterocycles. The van der Waals surface area contributed by atoms with Gasteiger partial charge in [-0.15, -0.1) is 0 Å². The zero-order valence-electron chi connectivity index (χ0n) is 22.3. The molecule has 2 aromatic carbocycles. The summed E-state index contributed by atoms with van der Waals surface area (Å²) in [6, 6.07) is 13.6. The topological polar surface area (TPSA) is 163 Å². The number of rotatable bonds is 7. The number of amides is 1. The van der Waals surface area contributed by atoms with Crippen molar-refractivity contribution in [2.75, 3.05) is 32.1 Å². The molecule has 17 heteroatoms. The van der Waals surface area contributed by atoms with Crippen LogP contribution in [0.3, 0.4) is 0 Å². The molecule has 4 rings (SSSR count). The van der Waals surface area contributed by atoms with Crippen molar-refractivity contribution in [1.29, 1.82) is 0 Å². The normalized spacial score (nSPS) is 14.0. The lowest BCUT2D eigenvalue weighted by atomic mass is 9.96. The van der Waals surface area contributed by atoms with E-state index >= 15 is 0 Å². The maximum absolute atomic E-state index is 12.9. The summed E-state index contributed by atoms with van der Waals surface area (Å²) >= 11 is 0. The van der Waals surface area contributed by atoms with Gasteiger partial charge in [-0.05, 0) is 42.8 Å². The number of fused-ring (bicyclic) bond motifs is 1. The van der Waals surface area contributed by atoms with Crippen LogP contribution < -0.4 is 20.1 Å². The first-order valence-electron chi connectivity index (χ1n) is 12.2. The Morgan fingerprint density at radius 1 is 1.02 bits per heavy atom. The van der Waals surface area contributed by atoms with Crippen molar-refractivity contribution in [3.63, 3.8) is 0 Å². The number of halogens is 6. The number of nitrogens with zero attached hydrogens (tertiary/aromatic N) is 1. The number of carboxylic acids is 2. The molecule has 11 nitrogen and oxygen atoms in total. The van der Waals surface area contributed by atoms with Crippen molar-refractivity contribution in [1.82, 2.24) is 15.5 Å². The molecule has 0 aliphatic carbocycles. The molecule has 0 radical (unpaired) electrons. The van der Waals surface area contributed by atoms with Gasteiger partial charge < -0.3 is 30.3 Å². The van der Waals surface area contributed by atoms with Crippen LogP contribution in [0, 0.1) is 5.92 Å². The molecule has 1 aromatic heterocycles. The number of alkyl halides is 6. The Balaban J connectivity index is 0.000000384. The molecule has 0 spiro atoms. The highest BCUT2D eigenvalue weighted by Crippen LogP contribution is 2.32. The molecule has 0 fully saturated rings. The molecule has 1 amide bonds. The Labute approximate surface area is 239 Å². The van der Waals surface area contributed by atoms with E-state index in [1.54, 1.807) is 6.20 Å². The Bertz CT molecular complexity index is 1340. The van der Waals surface area contributed by atoms with Gasteiger partial charge in [0.1, 0.15) is 24.7 Å². The smallest absolute Gasteiger partial charge is 0.490 e. The van der Waals surface area contributed by atoms with E-state index in [1.165, 1.54) is 0 Å². The molecular weight excluding hydrogens is 594 g/mol. The molecular formula is C26H26F6N4O7. The van der Waals surface area contributed by atoms with E-state index in [2.05, 4.69) is 20.8 Å². The van der Waals surface area contributed by atoms with E-state index in [9.17, 15) is 31.1 Å². The van der Waals surface area contributed by atoms with Gasteiger partial charge in [-0.2, -0.15) is 31.4 Å². The molecule has 3 aromatic rings. The summed E-state index contributed by atoms with van der Waals surface area (Å²) in [5, 5.41) is 27.1. The van der Waals surface area contributed by atoms with Crippen LogP contribution in [0.25, 0.3) is 11.1 Å². The van der Waals surface area contributed by atoms with Crippen molar-refractivity contribution >= 4 is 23.5 Å². The fourth-order valence-electron chi connectivity index (χ4n) is 3.33. The highest BCUT2D eigenvalue weighted by molar-refractivity contribution is 5.95. The minimum atomic E-state index is -5.08. The molecule has 1 atom stereocenters. The number of anilines is 1. The monoisotopic (exact) mass is 620 g/mol. The first-order valence-corrected chi connectivity index (χ1v) is 12.2. The number of likely N-dealkylation sites (N-methyl/N-ethyl adjacent to an activating group) is 1. The number of hydrogen-bond donors (Lipinski definition) is 5. The quantitative estimate of drug-likeness (QED) is 0.193. The predicted molar refractivity (Wildman–Crippen MR) is 139 cm³/mol. The summed E-state index contributed by atoms with van der Waals surface area (Å²) in [6.45, 7) is 1.57. The third-order valence-corrected chi connectivity index (χ3v) is 5.42. The van der Waals surface area contributed by atoms with Crippen molar-refractivity contribution in [3.05, 3.63) is 60.4 Å². The maximum atomic E-state index is 12.9. The summed E-state index contributed by atoms with van der Waals surface area (Å²) < 4.78 is 75.2. The molecule has 234 valence electrons. The van der Waals surface area contributed by atoms with E-state index in [0.29, 0.717) is 37.6 Å². The number of H-pyrrole nitrogens is 1. The molecule has 1 aliphatic heterocycles. The number of carbonyl (C=O) groups is 3. The Morgan fingerprint density at radius 3 is 2.21 bits per heavy atom. The number of para-hydroxylation sites is 1. The number of benzene rings is 2. The number of hydrogen-bond acceptors (Lipinski definition) is 7. The number of aliphatic carboxylic acids is 2. The minimum Gasteiger partial charge on any atom is -0.492 e. The van der Waals surface area contributed by atoms with Gasteiger partial charge in [0.05, 0.1) is 17.8 Å². The van der Waals surface area contributed by atoms with Crippen molar-refractivity contribution in [3.8, 4) is 22.6 Å². The number of nitrogens with one attached hydrogen (secondary N) is 3. The van der Waals surface area contributed by atoms with Crippen LogP contribution in [-0.4, -0.2) is 77.4 Å². The van der Waals surface area contributed by atoms with Crippen LogP contribution in [0.1, 0.15) is 5.56 Å². The van der Waals surface area contributed by atoms with Gasteiger partial charge in [0.15, 0.2) is 0 Å². The minimum absolute atomic E-state index is 0.0750. The highest BCUT2D eigenvalue weighted by Gasteiger charge is 2.38. The van der Waals surface area contributed by atoms with Gasteiger partial charge in [-0.25, -0.2) is 9.59 Å². The average molecular weight is 621 g/mol. The number of ether oxygens (including phenoxy) is 2. The van der Waals surface area contributed by atoms with Crippen LogP contribution in [-0.2, 0) is 20.8 Å².